The molecule has 0 spiro atoms. The maximum atomic E-state index is 6.22. The number of rotatable bonds is 6. The normalized spacial score (nSPS) is 10.8. The minimum Gasteiger partial charge on any atom is -0.492 e. The van der Waals surface area contributed by atoms with E-state index >= 15 is 0 Å². The van der Waals surface area contributed by atoms with Crippen molar-refractivity contribution in [3.8, 4) is 5.75 Å². The van der Waals surface area contributed by atoms with E-state index in [1.165, 1.54) is 23.5 Å². The zero-order valence-corrected chi connectivity index (χ0v) is 17.5. The molecule has 0 aliphatic carbocycles. The van der Waals surface area contributed by atoms with Gasteiger partial charge in [0, 0.05) is 25.7 Å². The van der Waals surface area contributed by atoms with Crippen molar-refractivity contribution in [2.75, 3.05) is 7.11 Å². The van der Waals surface area contributed by atoms with Crippen molar-refractivity contribution in [2.24, 2.45) is 0 Å². The Labute approximate surface area is 175 Å². The topological polar surface area (TPSA) is 35.0 Å². The lowest BCUT2D eigenvalue weighted by Gasteiger charge is -2.09. The number of aromatic nitrogens is 2. The summed E-state index contributed by atoms with van der Waals surface area (Å²) in [6, 6.07) is 13.0. The first-order chi connectivity index (χ1) is 12.6. The number of hydrogen-bond acceptors (Lipinski definition) is 5. The highest BCUT2D eigenvalue weighted by Crippen LogP contribution is 2.36. The summed E-state index contributed by atoms with van der Waals surface area (Å²) in [5.74, 6) is 1.20. The van der Waals surface area contributed by atoms with Gasteiger partial charge in [0.05, 0.1) is 13.3 Å². The zero-order chi connectivity index (χ0) is 18.5. The third-order valence-corrected chi connectivity index (χ3v) is 6.20. The molecule has 3 aromatic rings. The van der Waals surface area contributed by atoms with Gasteiger partial charge in [-0.2, -0.15) is 0 Å². The van der Waals surface area contributed by atoms with Gasteiger partial charge in [0.15, 0.2) is 10.9 Å². The second kappa shape index (κ2) is 9.20. The van der Waals surface area contributed by atoms with Gasteiger partial charge in [0.2, 0.25) is 0 Å². The van der Waals surface area contributed by atoms with Gasteiger partial charge in [-0.25, -0.2) is 9.97 Å². The quantitative estimate of drug-likeness (QED) is 0.235. The van der Waals surface area contributed by atoms with Crippen LogP contribution in [0.5, 0.6) is 5.75 Å². The minimum absolute atomic E-state index is 0.579. The summed E-state index contributed by atoms with van der Waals surface area (Å²) in [5.41, 5.74) is 0.868. The maximum Gasteiger partial charge on any atom is 0.189 e. The van der Waals surface area contributed by atoms with E-state index in [0.717, 1.165) is 15.5 Å². The molecule has 0 bridgehead atoms. The van der Waals surface area contributed by atoms with Crippen LogP contribution >= 0.6 is 58.3 Å². The van der Waals surface area contributed by atoms with Crippen LogP contribution in [0.25, 0.3) is 0 Å². The molecule has 8 heteroatoms. The maximum absolute atomic E-state index is 6.22. The molecule has 3 nitrogen and oxygen atoms in total. The fraction of sp³-hybridized carbons (Fsp3) is 0.111. The minimum atomic E-state index is 0.579. The number of hydrogen-bond donors (Lipinski definition) is 0. The predicted molar refractivity (Wildman–Crippen MR) is 110 cm³/mol. The Morgan fingerprint density at radius 3 is 2.35 bits per heavy atom. The molecule has 1 aromatic heterocycles. The van der Waals surface area contributed by atoms with Crippen LogP contribution in [-0.4, -0.2) is 17.1 Å². The monoisotopic (exact) mass is 442 g/mol. The van der Waals surface area contributed by atoms with Crippen LogP contribution in [0.3, 0.4) is 0 Å². The number of methoxy groups -OCH3 is 1. The second-order valence-electron chi connectivity index (χ2n) is 5.07. The van der Waals surface area contributed by atoms with E-state index in [1.807, 2.05) is 42.5 Å². The first-order valence-electron chi connectivity index (χ1n) is 7.47. The third-order valence-electron chi connectivity index (χ3n) is 3.36. The molecule has 0 atom stereocenters. The molecule has 134 valence electrons. The number of nitrogens with zero attached hydrogens (tertiary/aromatic N) is 2. The van der Waals surface area contributed by atoms with E-state index < -0.39 is 0 Å². The standard InChI is InChI=1S/C18H13Cl3N2OS2/c1-24-16-9-22-18(25-10-13-14(20)3-2-4-15(13)21)23-17(16)26-12-7-5-11(19)6-8-12/h2-9H,10H2,1H3. The van der Waals surface area contributed by atoms with E-state index in [0.29, 0.717) is 31.7 Å². The first-order valence-corrected chi connectivity index (χ1v) is 10.4. The summed E-state index contributed by atoms with van der Waals surface area (Å²) >= 11 is 21.3. The lowest BCUT2D eigenvalue weighted by molar-refractivity contribution is 0.395. The van der Waals surface area contributed by atoms with Crippen LogP contribution in [0, 0.1) is 0 Å². The molecule has 0 saturated heterocycles. The van der Waals surface area contributed by atoms with Gasteiger partial charge >= 0.3 is 0 Å². The van der Waals surface area contributed by atoms with Crippen molar-refractivity contribution in [3.63, 3.8) is 0 Å². The molecule has 0 amide bonds. The summed E-state index contributed by atoms with van der Waals surface area (Å²) in [6.07, 6.45) is 1.67. The van der Waals surface area contributed by atoms with Gasteiger partial charge < -0.3 is 4.74 Å². The van der Waals surface area contributed by atoms with Crippen LogP contribution < -0.4 is 4.74 Å². The number of halogens is 3. The smallest absolute Gasteiger partial charge is 0.189 e. The van der Waals surface area contributed by atoms with Crippen LogP contribution in [0.15, 0.2) is 63.7 Å². The van der Waals surface area contributed by atoms with Crippen molar-refractivity contribution in [2.45, 2.75) is 20.8 Å². The fourth-order valence-electron chi connectivity index (χ4n) is 2.04. The molecular formula is C18H13Cl3N2OS2. The molecular weight excluding hydrogens is 431 g/mol. The molecule has 26 heavy (non-hydrogen) atoms. The highest BCUT2D eigenvalue weighted by molar-refractivity contribution is 7.99. The molecule has 3 rings (SSSR count). The Bertz CT molecular complexity index is 887. The van der Waals surface area contributed by atoms with E-state index in [2.05, 4.69) is 9.97 Å². The average molecular weight is 444 g/mol. The summed E-state index contributed by atoms with van der Waals surface area (Å²) in [4.78, 5) is 9.96. The Morgan fingerprint density at radius 1 is 1.00 bits per heavy atom. The predicted octanol–water partition coefficient (Wildman–Crippen LogP) is 6.89. The fourth-order valence-corrected chi connectivity index (χ4v) is 4.65. The largest absolute Gasteiger partial charge is 0.492 e. The van der Waals surface area contributed by atoms with Crippen molar-refractivity contribution < 1.29 is 4.74 Å². The van der Waals surface area contributed by atoms with Gasteiger partial charge in [-0.15, -0.1) is 0 Å². The molecule has 0 fully saturated rings. The lowest BCUT2D eigenvalue weighted by Crippen LogP contribution is -1.95. The van der Waals surface area contributed by atoms with Gasteiger partial charge in [-0.3, -0.25) is 0 Å². The van der Waals surface area contributed by atoms with Crippen LogP contribution in [0.4, 0.5) is 0 Å². The summed E-state index contributed by atoms with van der Waals surface area (Å²) < 4.78 is 5.37. The van der Waals surface area contributed by atoms with Crippen molar-refractivity contribution in [1.29, 1.82) is 0 Å². The van der Waals surface area contributed by atoms with Crippen molar-refractivity contribution in [1.82, 2.24) is 9.97 Å². The number of ether oxygens (including phenoxy) is 1. The highest BCUT2D eigenvalue weighted by atomic mass is 35.5. The van der Waals surface area contributed by atoms with Gasteiger partial charge in [0.25, 0.3) is 0 Å². The zero-order valence-electron chi connectivity index (χ0n) is 13.6. The molecule has 0 radical (unpaired) electrons. The summed E-state index contributed by atoms with van der Waals surface area (Å²) in [5, 5.41) is 3.32. The molecule has 0 unspecified atom stereocenters. The van der Waals surface area contributed by atoms with Crippen molar-refractivity contribution >= 4 is 58.3 Å². The molecule has 1 heterocycles. The highest BCUT2D eigenvalue weighted by Gasteiger charge is 2.12. The molecule has 0 saturated carbocycles. The summed E-state index contributed by atoms with van der Waals surface area (Å²) in [6.45, 7) is 0. The van der Waals surface area contributed by atoms with Crippen molar-refractivity contribution in [3.05, 3.63) is 69.3 Å². The SMILES string of the molecule is COc1cnc(SCc2c(Cl)cccc2Cl)nc1Sc1ccc(Cl)cc1. The average Bonchev–Trinajstić information content (AvgIpc) is 2.63. The number of thioether (sulfide) groups is 1. The van der Waals surface area contributed by atoms with Crippen LogP contribution in [-0.2, 0) is 5.75 Å². The third kappa shape index (κ3) is 4.99. The van der Waals surface area contributed by atoms with Gasteiger partial charge in [-0.1, -0.05) is 64.4 Å². The second-order valence-corrected chi connectivity index (χ2v) is 8.33. The Balaban J connectivity index is 1.79. The van der Waals surface area contributed by atoms with Crippen LogP contribution in [0.2, 0.25) is 15.1 Å². The molecule has 0 aliphatic rings. The van der Waals surface area contributed by atoms with E-state index in [4.69, 9.17) is 39.5 Å². The van der Waals surface area contributed by atoms with E-state index in [-0.39, 0.29) is 0 Å². The van der Waals surface area contributed by atoms with Gasteiger partial charge in [-0.05, 0) is 42.0 Å². The van der Waals surface area contributed by atoms with E-state index in [1.54, 1.807) is 13.3 Å². The van der Waals surface area contributed by atoms with Gasteiger partial charge in [0.1, 0.15) is 5.03 Å². The van der Waals surface area contributed by atoms with Crippen LogP contribution in [0.1, 0.15) is 5.56 Å². The Morgan fingerprint density at radius 2 is 1.69 bits per heavy atom. The first kappa shape index (κ1) is 19.6. The molecule has 2 aromatic carbocycles. The van der Waals surface area contributed by atoms with E-state index in [9.17, 15) is 0 Å². The molecule has 0 N–H and O–H groups in total. The molecule has 0 aliphatic heterocycles. The summed E-state index contributed by atoms with van der Waals surface area (Å²) in [7, 11) is 1.60. The lowest BCUT2D eigenvalue weighted by atomic mass is 10.2. The number of benzene rings is 2. The Kier molecular flexibility index (Phi) is 6.95. The Hall–Kier alpha value is -1.11.